The number of aromatic nitrogens is 3. The van der Waals surface area contributed by atoms with Crippen molar-refractivity contribution in [1.29, 1.82) is 0 Å². The van der Waals surface area contributed by atoms with E-state index in [2.05, 4.69) is 15.0 Å². The van der Waals surface area contributed by atoms with Crippen molar-refractivity contribution >= 4 is 17.3 Å². The second-order valence-corrected chi connectivity index (χ2v) is 5.02. The van der Waals surface area contributed by atoms with E-state index in [0.29, 0.717) is 28.3 Å². The Balaban J connectivity index is 2.10. The Hall–Kier alpha value is -3.48. The quantitative estimate of drug-likeness (QED) is 0.557. The van der Waals surface area contributed by atoms with Crippen molar-refractivity contribution in [2.75, 3.05) is 18.6 Å². The topological polar surface area (TPSA) is 117 Å². The molecule has 2 aromatic heterocycles. The monoisotopic (exact) mass is 321 g/mol. The number of anilines is 2. The van der Waals surface area contributed by atoms with Crippen LogP contribution in [0.2, 0.25) is 0 Å². The Labute approximate surface area is 138 Å². The molecule has 0 saturated carbocycles. The Morgan fingerprint density at radius 2 is 2.00 bits per heavy atom. The first-order valence-corrected chi connectivity index (χ1v) is 7.11. The number of nitrogens with zero attached hydrogens (tertiary/aromatic N) is 3. The van der Waals surface area contributed by atoms with Crippen LogP contribution in [0.25, 0.3) is 11.3 Å². The number of pyridine rings is 1. The lowest BCUT2D eigenvalue weighted by Gasteiger charge is -2.10. The molecule has 0 spiro atoms. The van der Waals surface area contributed by atoms with Gasteiger partial charge in [0.1, 0.15) is 5.75 Å². The molecule has 0 fully saturated rings. The largest absolute Gasteiger partial charge is 0.496 e. The van der Waals surface area contributed by atoms with Gasteiger partial charge < -0.3 is 16.2 Å². The number of ketones is 1. The molecule has 0 aliphatic heterocycles. The first-order chi connectivity index (χ1) is 11.6. The third-order valence-electron chi connectivity index (χ3n) is 3.44. The third kappa shape index (κ3) is 2.87. The minimum Gasteiger partial charge on any atom is -0.496 e. The highest BCUT2D eigenvalue weighted by atomic mass is 16.5. The molecule has 7 nitrogen and oxygen atoms in total. The van der Waals surface area contributed by atoms with Crippen molar-refractivity contribution < 1.29 is 9.53 Å². The molecule has 0 saturated heterocycles. The summed E-state index contributed by atoms with van der Waals surface area (Å²) in [6.07, 6.45) is 4.52. The summed E-state index contributed by atoms with van der Waals surface area (Å²) in [6, 6.07) is 8.46. The molecule has 0 radical (unpaired) electrons. The van der Waals surface area contributed by atoms with Crippen molar-refractivity contribution in [2.24, 2.45) is 0 Å². The highest BCUT2D eigenvalue weighted by Gasteiger charge is 2.18. The molecular formula is C17H15N5O2. The van der Waals surface area contributed by atoms with E-state index >= 15 is 0 Å². The summed E-state index contributed by atoms with van der Waals surface area (Å²) in [5.74, 6) is 0.274. The lowest BCUT2D eigenvalue weighted by atomic mass is 10.1. The maximum Gasteiger partial charge on any atom is 0.216 e. The molecule has 1 aromatic carbocycles. The van der Waals surface area contributed by atoms with Gasteiger partial charge in [-0.15, -0.1) is 0 Å². The van der Waals surface area contributed by atoms with Gasteiger partial charge in [-0.25, -0.2) is 9.97 Å². The smallest absolute Gasteiger partial charge is 0.216 e. The number of methoxy groups -OCH3 is 1. The Morgan fingerprint density at radius 1 is 1.17 bits per heavy atom. The molecule has 0 bridgehead atoms. The summed E-state index contributed by atoms with van der Waals surface area (Å²) in [6.45, 7) is 0. The van der Waals surface area contributed by atoms with Gasteiger partial charge in [0.05, 0.1) is 19.0 Å². The summed E-state index contributed by atoms with van der Waals surface area (Å²) < 4.78 is 5.32. The zero-order chi connectivity index (χ0) is 17.1. The number of hydrogen-bond acceptors (Lipinski definition) is 7. The number of nitrogens with two attached hydrogens (primary N) is 2. The Kier molecular flexibility index (Phi) is 4.07. The van der Waals surface area contributed by atoms with Gasteiger partial charge >= 0.3 is 0 Å². The summed E-state index contributed by atoms with van der Waals surface area (Å²) in [4.78, 5) is 25.0. The highest BCUT2D eigenvalue weighted by Crippen LogP contribution is 2.31. The third-order valence-corrected chi connectivity index (χ3v) is 3.44. The van der Waals surface area contributed by atoms with Gasteiger partial charge in [-0.2, -0.15) is 0 Å². The zero-order valence-corrected chi connectivity index (χ0v) is 12.9. The van der Waals surface area contributed by atoms with Crippen molar-refractivity contribution in [3.8, 4) is 17.0 Å². The van der Waals surface area contributed by atoms with Gasteiger partial charge in [0.25, 0.3) is 0 Å². The van der Waals surface area contributed by atoms with Crippen molar-refractivity contribution in [2.45, 2.75) is 0 Å². The van der Waals surface area contributed by atoms with Gasteiger partial charge in [0.15, 0.2) is 11.5 Å². The molecule has 2 heterocycles. The van der Waals surface area contributed by atoms with Crippen LogP contribution in [0.15, 0.2) is 48.9 Å². The molecule has 0 amide bonds. The summed E-state index contributed by atoms with van der Waals surface area (Å²) >= 11 is 0. The number of rotatable bonds is 4. The molecule has 0 atom stereocenters. The lowest BCUT2D eigenvalue weighted by molar-refractivity contribution is 0.103. The number of nitrogen functional groups attached to an aromatic ring is 2. The Bertz CT molecular complexity index is 897. The van der Waals surface area contributed by atoms with Crippen LogP contribution in [-0.4, -0.2) is 27.8 Å². The number of ether oxygens (including phenoxy) is 1. The van der Waals surface area contributed by atoms with E-state index in [1.807, 2.05) is 0 Å². The lowest BCUT2D eigenvalue weighted by Crippen LogP contribution is -2.11. The molecule has 3 aromatic rings. The predicted molar refractivity (Wildman–Crippen MR) is 90.5 cm³/mol. The minimum atomic E-state index is -0.349. The van der Waals surface area contributed by atoms with Crippen LogP contribution in [0, 0.1) is 0 Å². The van der Waals surface area contributed by atoms with Crippen LogP contribution >= 0.6 is 0 Å². The molecule has 7 heteroatoms. The average Bonchev–Trinajstić information content (AvgIpc) is 2.62. The molecule has 24 heavy (non-hydrogen) atoms. The van der Waals surface area contributed by atoms with Gasteiger partial charge in [0, 0.05) is 29.2 Å². The molecular weight excluding hydrogens is 306 g/mol. The van der Waals surface area contributed by atoms with E-state index in [-0.39, 0.29) is 17.3 Å². The molecule has 0 aliphatic rings. The summed E-state index contributed by atoms with van der Waals surface area (Å²) in [5.41, 5.74) is 13.7. The molecule has 120 valence electrons. The second-order valence-electron chi connectivity index (χ2n) is 5.02. The fraction of sp³-hybridized carbons (Fsp3) is 0.0588. The molecule has 4 N–H and O–H groups in total. The fourth-order valence-electron chi connectivity index (χ4n) is 2.25. The van der Waals surface area contributed by atoms with Crippen LogP contribution in [0.5, 0.6) is 5.75 Å². The highest BCUT2D eigenvalue weighted by molar-refractivity contribution is 6.10. The van der Waals surface area contributed by atoms with E-state index in [4.69, 9.17) is 16.2 Å². The van der Waals surface area contributed by atoms with E-state index in [1.54, 1.807) is 43.6 Å². The summed E-state index contributed by atoms with van der Waals surface area (Å²) in [5, 5.41) is 0. The second kappa shape index (κ2) is 6.33. The molecule has 0 aliphatic carbocycles. The normalized spacial score (nSPS) is 10.4. The maximum absolute atomic E-state index is 12.6. The van der Waals surface area contributed by atoms with E-state index in [1.165, 1.54) is 12.4 Å². The van der Waals surface area contributed by atoms with Crippen molar-refractivity contribution in [3.05, 3.63) is 60.2 Å². The first kappa shape index (κ1) is 15.4. The van der Waals surface area contributed by atoms with Gasteiger partial charge in [-0.1, -0.05) is 0 Å². The maximum atomic E-state index is 12.6. The molecule has 3 rings (SSSR count). The number of carbonyl (C=O) groups is 1. The number of hydrogen-bond donors (Lipinski definition) is 2. The number of benzene rings is 1. The predicted octanol–water partition coefficient (Wildman–Crippen LogP) is 1.94. The molecule has 0 unspecified atom stereocenters. The van der Waals surface area contributed by atoms with Crippen LogP contribution in [0.4, 0.5) is 11.5 Å². The SMILES string of the molecule is COc1ccc(N)cc1-c1cnc(N)c(C(=O)c2cccnc2)n1. The van der Waals surface area contributed by atoms with Crippen LogP contribution in [-0.2, 0) is 0 Å². The van der Waals surface area contributed by atoms with E-state index in [9.17, 15) is 4.79 Å². The van der Waals surface area contributed by atoms with Crippen LogP contribution < -0.4 is 16.2 Å². The minimum absolute atomic E-state index is 0.0514. The Morgan fingerprint density at radius 3 is 2.71 bits per heavy atom. The van der Waals surface area contributed by atoms with Gasteiger partial charge in [-0.3, -0.25) is 9.78 Å². The zero-order valence-electron chi connectivity index (χ0n) is 12.9. The summed E-state index contributed by atoms with van der Waals surface area (Å²) in [7, 11) is 1.54. The average molecular weight is 321 g/mol. The standard InChI is InChI=1S/C17H15N5O2/c1-24-14-5-4-11(18)7-12(14)13-9-21-17(19)15(22-13)16(23)10-3-2-6-20-8-10/h2-9H,18H2,1H3,(H2,19,21). The van der Waals surface area contributed by atoms with Crippen LogP contribution in [0.3, 0.4) is 0 Å². The van der Waals surface area contributed by atoms with Crippen LogP contribution in [0.1, 0.15) is 16.1 Å². The van der Waals surface area contributed by atoms with Gasteiger partial charge in [-0.05, 0) is 30.3 Å². The van der Waals surface area contributed by atoms with E-state index < -0.39 is 0 Å². The van der Waals surface area contributed by atoms with Gasteiger partial charge in [0.2, 0.25) is 5.78 Å². The van der Waals surface area contributed by atoms with Crippen molar-refractivity contribution in [3.63, 3.8) is 0 Å². The number of carbonyl (C=O) groups excluding carboxylic acids is 1. The van der Waals surface area contributed by atoms with Crippen molar-refractivity contribution in [1.82, 2.24) is 15.0 Å². The van der Waals surface area contributed by atoms with E-state index in [0.717, 1.165) is 0 Å². The first-order valence-electron chi connectivity index (χ1n) is 7.11. The fourth-order valence-corrected chi connectivity index (χ4v) is 2.25.